The van der Waals surface area contributed by atoms with Gasteiger partial charge in [-0.25, -0.2) is 0 Å². The first-order chi connectivity index (χ1) is 10.3. The molecule has 0 bridgehead atoms. The number of carboxylic acids is 1. The second kappa shape index (κ2) is 7.00. The molecule has 0 aromatic heterocycles. The van der Waals surface area contributed by atoms with E-state index in [4.69, 9.17) is 0 Å². The largest absolute Gasteiger partial charge is 0.481 e. The van der Waals surface area contributed by atoms with E-state index in [1.54, 1.807) is 0 Å². The predicted octanol–water partition coefficient (Wildman–Crippen LogP) is 4.99. The van der Waals surface area contributed by atoms with Crippen LogP contribution in [0.5, 0.6) is 0 Å². The summed E-state index contributed by atoms with van der Waals surface area (Å²) >= 11 is 0. The molecule has 6 unspecified atom stereocenters. The van der Waals surface area contributed by atoms with Crippen LogP contribution in [0.25, 0.3) is 0 Å². The Morgan fingerprint density at radius 2 is 1.78 bits per heavy atom. The molecule has 0 amide bonds. The van der Waals surface area contributed by atoms with Gasteiger partial charge in [0.05, 0.1) is 5.41 Å². The van der Waals surface area contributed by atoms with Gasteiger partial charge in [-0.2, -0.15) is 0 Å². The van der Waals surface area contributed by atoms with Crippen molar-refractivity contribution >= 4 is 35.5 Å². The molecule has 3 saturated carbocycles. The predicted molar refractivity (Wildman–Crippen MR) is 95.3 cm³/mol. The van der Waals surface area contributed by atoms with Crippen molar-refractivity contribution in [1.82, 2.24) is 0 Å². The first-order valence-corrected chi connectivity index (χ1v) is 9.52. The smallest absolute Gasteiger partial charge is 0.309 e. The van der Waals surface area contributed by atoms with Gasteiger partial charge in [0.15, 0.2) is 0 Å². The molecule has 1 radical (unpaired) electrons. The Kier molecular flexibility index (Phi) is 6.02. The van der Waals surface area contributed by atoms with Crippen LogP contribution < -0.4 is 0 Å². The third-order valence-electron chi connectivity index (χ3n) is 8.10. The van der Waals surface area contributed by atoms with Gasteiger partial charge < -0.3 is 5.11 Å². The third-order valence-corrected chi connectivity index (χ3v) is 8.10. The van der Waals surface area contributed by atoms with Gasteiger partial charge in [-0.1, -0.05) is 27.2 Å². The number of rotatable bonds is 2. The maximum Gasteiger partial charge on any atom is 0.309 e. The molecule has 0 aromatic rings. The minimum Gasteiger partial charge on any atom is -0.481 e. The van der Waals surface area contributed by atoms with Crippen molar-refractivity contribution < 1.29 is 9.90 Å². The van der Waals surface area contributed by atoms with E-state index in [2.05, 4.69) is 20.8 Å². The number of hydrogen-bond acceptors (Lipinski definition) is 1. The van der Waals surface area contributed by atoms with Crippen LogP contribution in [0, 0.1) is 40.4 Å². The van der Waals surface area contributed by atoms with Crippen molar-refractivity contribution in [3.05, 3.63) is 0 Å². The van der Waals surface area contributed by atoms with Gasteiger partial charge in [-0.3, -0.25) is 4.79 Å². The van der Waals surface area contributed by atoms with Crippen LogP contribution in [0.15, 0.2) is 0 Å². The minimum atomic E-state index is -0.544. The van der Waals surface area contributed by atoms with Crippen molar-refractivity contribution in [2.75, 3.05) is 0 Å². The fraction of sp³-hybridized carbons (Fsp3) is 0.950. The van der Waals surface area contributed by atoms with Crippen LogP contribution in [-0.4, -0.2) is 40.6 Å². The summed E-state index contributed by atoms with van der Waals surface area (Å²) in [6, 6.07) is 0. The van der Waals surface area contributed by atoms with Gasteiger partial charge in [-0.15, -0.1) is 0 Å². The molecule has 0 heterocycles. The van der Waals surface area contributed by atoms with Gasteiger partial charge in [-0.05, 0) is 86.9 Å². The number of fused-ring (bicyclic) bond motifs is 3. The number of carboxylic acid groups (broad SMARTS) is 1. The van der Waals surface area contributed by atoms with E-state index in [0.29, 0.717) is 5.92 Å². The zero-order valence-electron chi connectivity index (χ0n) is 15.9. The summed E-state index contributed by atoms with van der Waals surface area (Å²) < 4.78 is 0. The fourth-order valence-electron chi connectivity index (χ4n) is 6.73. The topological polar surface area (TPSA) is 37.3 Å². The Balaban J connectivity index is 0.00000192. The van der Waals surface area contributed by atoms with Crippen molar-refractivity contribution in [2.45, 2.75) is 79.1 Å². The Bertz CT molecular complexity index is 449. The van der Waals surface area contributed by atoms with E-state index < -0.39 is 11.4 Å². The first kappa shape index (κ1) is 19.8. The van der Waals surface area contributed by atoms with Gasteiger partial charge in [0.25, 0.3) is 0 Å². The summed E-state index contributed by atoms with van der Waals surface area (Å²) in [5.41, 5.74) is -0.205. The van der Waals surface area contributed by atoms with Crippen LogP contribution in [0.1, 0.15) is 79.1 Å². The zero-order valence-corrected chi connectivity index (χ0v) is 17.9. The summed E-state index contributed by atoms with van der Waals surface area (Å²) in [7, 11) is 0. The van der Waals surface area contributed by atoms with Crippen molar-refractivity contribution in [3.8, 4) is 0 Å². The molecule has 0 spiro atoms. The molecule has 0 saturated heterocycles. The molecule has 1 N–H and O–H groups in total. The summed E-state index contributed by atoms with van der Waals surface area (Å²) in [5.74, 6) is 3.19. The summed E-state index contributed by atoms with van der Waals surface area (Å²) in [5, 5.41) is 9.86. The molecular weight excluding hydrogens is 295 g/mol. The molecule has 3 aliphatic carbocycles. The average molecular weight is 329 g/mol. The van der Waals surface area contributed by atoms with E-state index >= 15 is 0 Å². The number of hydrogen-bond donors (Lipinski definition) is 1. The second-order valence-corrected chi connectivity index (χ2v) is 9.40. The first-order valence-electron chi connectivity index (χ1n) is 9.52. The van der Waals surface area contributed by atoms with E-state index in [9.17, 15) is 9.90 Å². The normalized spacial score (nSPS) is 46.5. The van der Waals surface area contributed by atoms with Crippen LogP contribution in [-0.2, 0) is 4.79 Å². The van der Waals surface area contributed by atoms with E-state index in [-0.39, 0.29) is 35.0 Å². The van der Waals surface area contributed by atoms with E-state index in [1.807, 2.05) is 6.92 Å². The number of aliphatic carboxylic acids is 1. The maximum atomic E-state index is 12.0. The maximum absolute atomic E-state index is 12.0. The fourth-order valence-corrected chi connectivity index (χ4v) is 6.73. The van der Waals surface area contributed by atoms with Crippen LogP contribution in [0.4, 0.5) is 0 Å². The summed E-state index contributed by atoms with van der Waals surface area (Å²) in [6.07, 6.45) is 9.77. The molecule has 0 aliphatic heterocycles. The van der Waals surface area contributed by atoms with Gasteiger partial charge in [0, 0.05) is 29.6 Å². The SMILES string of the molecule is CC(C)C1CCC2C(CCC3C(C)(C(=O)O)CCCC23C)C1.[Na]. The Labute approximate surface area is 164 Å². The van der Waals surface area contributed by atoms with E-state index in [0.717, 1.165) is 42.9 Å². The van der Waals surface area contributed by atoms with Crippen molar-refractivity contribution in [3.63, 3.8) is 0 Å². The van der Waals surface area contributed by atoms with Crippen LogP contribution in [0.2, 0.25) is 0 Å². The molecule has 3 heteroatoms. The molecule has 2 nitrogen and oxygen atoms in total. The molecule has 6 atom stereocenters. The van der Waals surface area contributed by atoms with Crippen molar-refractivity contribution in [1.29, 1.82) is 0 Å². The van der Waals surface area contributed by atoms with Crippen LogP contribution in [0.3, 0.4) is 0 Å². The summed E-state index contributed by atoms with van der Waals surface area (Å²) in [4.78, 5) is 12.0. The molecule has 3 rings (SSSR count). The minimum absolute atomic E-state index is 0. The monoisotopic (exact) mass is 329 g/mol. The Hall–Kier alpha value is 0.470. The van der Waals surface area contributed by atoms with Gasteiger partial charge in [0.2, 0.25) is 0 Å². The van der Waals surface area contributed by atoms with Gasteiger partial charge in [0.1, 0.15) is 0 Å². The molecule has 3 aliphatic rings. The standard InChI is InChI=1S/C20H34O2.Na/c1-13(2)14-6-8-16-15(12-14)7-9-17-19(16,3)10-5-11-20(17,4)18(21)22;/h13-17H,5-12H2,1-4H3,(H,21,22);. The Morgan fingerprint density at radius 1 is 1.09 bits per heavy atom. The molecule has 3 fully saturated rings. The molecule has 0 aromatic carbocycles. The van der Waals surface area contributed by atoms with Gasteiger partial charge >= 0.3 is 5.97 Å². The quantitative estimate of drug-likeness (QED) is 0.725. The van der Waals surface area contributed by atoms with E-state index in [1.165, 1.54) is 32.1 Å². The average Bonchev–Trinajstić information content (AvgIpc) is 2.46. The van der Waals surface area contributed by atoms with Crippen LogP contribution >= 0.6 is 0 Å². The third kappa shape index (κ3) is 3.17. The summed E-state index contributed by atoms with van der Waals surface area (Å²) in [6.45, 7) is 9.24. The molecular formula is C20H34NaO2. The second-order valence-electron chi connectivity index (χ2n) is 9.40. The Morgan fingerprint density at radius 3 is 2.39 bits per heavy atom. The molecule has 23 heavy (non-hydrogen) atoms. The zero-order chi connectivity index (χ0) is 16.1. The number of carbonyl (C=O) groups is 1. The van der Waals surface area contributed by atoms with Crippen molar-refractivity contribution in [2.24, 2.45) is 40.4 Å². The molecule has 127 valence electrons.